The molecule has 0 fully saturated rings. The summed E-state index contributed by atoms with van der Waals surface area (Å²) in [7, 11) is 0. The van der Waals surface area contributed by atoms with Gasteiger partial charge >= 0.3 is 0 Å². The normalized spacial score (nSPS) is 13.8. The van der Waals surface area contributed by atoms with E-state index < -0.39 is 0 Å². The van der Waals surface area contributed by atoms with Crippen LogP contribution in [0.25, 0.3) is 22.3 Å². The molecule has 0 aliphatic heterocycles. The van der Waals surface area contributed by atoms with E-state index >= 15 is 0 Å². The highest BCUT2D eigenvalue weighted by molar-refractivity contribution is 5.98. The highest BCUT2D eigenvalue weighted by Gasteiger charge is 2.22. The Labute approximate surface area is 183 Å². The number of hydrogen-bond acceptors (Lipinski definition) is 1. The van der Waals surface area contributed by atoms with E-state index in [1.807, 2.05) is 6.07 Å². The van der Waals surface area contributed by atoms with E-state index in [1.54, 1.807) is 0 Å². The van der Waals surface area contributed by atoms with Gasteiger partial charge in [0, 0.05) is 12.0 Å². The third-order valence-electron chi connectivity index (χ3n) is 6.99. The highest BCUT2D eigenvalue weighted by atomic mass is 16.1. The largest absolute Gasteiger partial charge is 0.294 e. The van der Waals surface area contributed by atoms with E-state index in [2.05, 4.69) is 85.8 Å². The molecule has 0 N–H and O–H groups in total. The summed E-state index contributed by atoms with van der Waals surface area (Å²) in [5.74, 6) is 0.432. The molecule has 1 nitrogen and oxygen atoms in total. The van der Waals surface area contributed by atoms with Gasteiger partial charge in [0.1, 0.15) is 0 Å². The van der Waals surface area contributed by atoms with Gasteiger partial charge in [-0.3, -0.25) is 4.79 Å². The van der Waals surface area contributed by atoms with Gasteiger partial charge in [-0.1, -0.05) is 85.8 Å². The minimum Gasteiger partial charge on any atom is -0.294 e. The molecule has 0 heterocycles. The van der Waals surface area contributed by atoms with Crippen molar-refractivity contribution in [2.45, 2.75) is 32.1 Å². The van der Waals surface area contributed by atoms with Gasteiger partial charge < -0.3 is 0 Å². The van der Waals surface area contributed by atoms with Crippen molar-refractivity contribution in [2.75, 3.05) is 0 Å². The predicted molar refractivity (Wildman–Crippen MR) is 127 cm³/mol. The minimum absolute atomic E-state index is 0.201. The summed E-state index contributed by atoms with van der Waals surface area (Å²) in [4.78, 5) is 13.1. The number of Topliss-reactive ketones (excluding diaryl/α,β-unsaturated/α-hetero) is 1. The molecule has 0 aromatic heterocycles. The van der Waals surface area contributed by atoms with Crippen LogP contribution in [-0.2, 0) is 12.8 Å². The van der Waals surface area contributed by atoms with Gasteiger partial charge in [0.15, 0.2) is 5.78 Å². The van der Waals surface area contributed by atoms with Crippen LogP contribution in [0.5, 0.6) is 0 Å². The second-order valence-corrected chi connectivity index (χ2v) is 8.98. The molecule has 1 heteroatoms. The molecule has 6 rings (SSSR count). The lowest BCUT2D eigenvalue weighted by atomic mass is 9.90. The lowest BCUT2D eigenvalue weighted by Gasteiger charge is -2.14. The van der Waals surface area contributed by atoms with Crippen LogP contribution in [0.4, 0.5) is 0 Å². The number of ketones is 1. The van der Waals surface area contributed by atoms with Crippen molar-refractivity contribution in [3.63, 3.8) is 0 Å². The Bertz CT molecular complexity index is 1340. The van der Waals surface area contributed by atoms with Gasteiger partial charge in [-0.25, -0.2) is 0 Å². The summed E-state index contributed by atoms with van der Waals surface area (Å²) >= 11 is 0. The first-order valence-electron chi connectivity index (χ1n) is 11.1. The molecule has 2 aliphatic rings. The summed E-state index contributed by atoms with van der Waals surface area (Å²) in [5.41, 5.74) is 12.8. The van der Waals surface area contributed by atoms with Crippen LogP contribution >= 0.6 is 0 Å². The maximum absolute atomic E-state index is 13.1. The van der Waals surface area contributed by atoms with Crippen molar-refractivity contribution >= 4 is 5.78 Å². The molecule has 4 aromatic rings. The average Bonchev–Trinajstić information content (AvgIpc) is 3.36. The van der Waals surface area contributed by atoms with Crippen molar-refractivity contribution in [2.24, 2.45) is 0 Å². The Balaban J connectivity index is 1.22. The third kappa shape index (κ3) is 3.04. The highest BCUT2D eigenvalue weighted by Crippen LogP contribution is 2.39. The monoisotopic (exact) mass is 400 g/mol. The van der Waals surface area contributed by atoms with Gasteiger partial charge in [0.25, 0.3) is 0 Å². The van der Waals surface area contributed by atoms with E-state index in [1.165, 1.54) is 50.1 Å². The van der Waals surface area contributed by atoms with Gasteiger partial charge in [0.2, 0.25) is 0 Å². The third-order valence-corrected chi connectivity index (χ3v) is 6.99. The molecule has 1 unspecified atom stereocenters. The molecule has 0 amide bonds. The van der Waals surface area contributed by atoms with Gasteiger partial charge in [-0.05, 0) is 74.9 Å². The van der Waals surface area contributed by atoms with E-state index in [9.17, 15) is 4.79 Å². The molecular weight excluding hydrogens is 376 g/mol. The predicted octanol–water partition coefficient (Wildman–Crippen LogP) is 7.21. The molecule has 0 saturated heterocycles. The van der Waals surface area contributed by atoms with Crippen molar-refractivity contribution < 1.29 is 4.79 Å². The van der Waals surface area contributed by atoms with Crippen LogP contribution < -0.4 is 0 Å². The van der Waals surface area contributed by atoms with Gasteiger partial charge in [0.05, 0.1) is 0 Å². The Kier molecular flexibility index (Phi) is 4.17. The first-order valence-corrected chi connectivity index (χ1v) is 11.1. The maximum atomic E-state index is 13.1. The quantitative estimate of drug-likeness (QED) is 0.286. The number of carbonyl (C=O) groups excluding carboxylic acids is 1. The zero-order valence-corrected chi connectivity index (χ0v) is 17.7. The fraction of sp³-hybridized carbons (Fsp3) is 0.167. The first-order chi connectivity index (χ1) is 15.2. The topological polar surface area (TPSA) is 17.1 Å². The summed E-state index contributed by atoms with van der Waals surface area (Å²) in [6.45, 7) is 2.17. The molecule has 0 bridgehead atoms. The van der Waals surface area contributed by atoms with Crippen LogP contribution in [0.1, 0.15) is 57.4 Å². The molecule has 1 atom stereocenters. The van der Waals surface area contributed by atoms with Crippen molar-refractivity contribution in [3.05, 3.63) is 118 Å². The SMILES string of the molecule is CC(CC(=O)c1ccc2c(c1)Cc1ccccc1-2)c1ccc2c(c1)Cc1ccccc1-2. The maximum Gasteiger partial charge on any atom is 0.163 e. The summed E-state index contributed by atoms with van der Waals surface area (Å²) in [6.07, 6.45) is 2.45. The van der Waals surface area contributed by atoms with E-state index in [0.29, 0.717) is 6.42 Å². The minimum atomic E-state index is 0.201. The van der Waals surface area contributed by atoms with Gasteiger partial charge in [-0.15, -0.1) is 0 Å². The Morgan fingerprint density at radius 1 is 0.677 bits per heavy atom. The zero-order chi connectivity index (χ0) is 20.9. The lowest BCUT2D eigenvalue weighted by molar-refractivity contribution is 0.0975. The molecule has 2 aliphatic carbocycles. The number of benzene rings is 4. The fourth-order valence-corrected chi connectivity index (χ4v) is 5.30. The van der Waals surface area contributed by atoms with E-state index in [4.69, 9.17) is 0 Å². The van der Waals surface area contributed by atoms with E-state index in [0.717, 1.165) is 18.4 Å². The fourth-order valence-electron chi connectivity index (χ4n) is 5.30. The van der Waals surface area contributed by atoms with Crippen molar-refractivity contribution in [1.29, 1.82) is 0 Å². The van der Waals surface area contributed by atoms with Crippen molar-refractivity contribution in [3.8, 4) is 22.3 Å². The molecule has 0 saturated carbocycles. The second-order valence-electron chi connectivity index (χ2n) is 8.98. The summed E-state index contributed by atoms with van der Waals surface area (Å²) in [5, 5.41) is 0. The number of rotatable bonds is 4. The van der Waals surface area contributed by atoms with Crippen LogP contribution in [0.3, 0.4) is 0 Å². The molecule has 0 spiro atoms. The van der Waals surface area contributed by atoms with Gasteiger partial charge in [-0.2, -0.15) is 0 Å². The molecule has 4 aromatic carbocycles. The Hall–Kier alpha value is -3.45. The number of carbonyl (C=O) groups is 1. The molecule has 0 radical (unpaired) electrons. The van der Waals surface area contributed by atoms with Crippen molar-refractivity contribution in [1.82, 2.24) is 0 Å². The van der Waals surface area contributed by atoms with Crippen LogP contribution in [0.15, 0.2) is 84.9 Å². The van der Waals surface area contributed by atoms with Crippen LogP contribution in [0.2, 0.25) is 0 Å². The molecule has 150 valence electrons. The summed E-state index contributed by atoms with van der Waals surface area (Å²) < 4.78 is 0. The molecular formula is C30H24O. The number of fused-ring (bicyclic) bond motifs is 6. The summed E-state index contributed by atoms with van der Waals surface area (Å²) in [6, 6.07) is 30.2. The standard InChI is InChI=1S/C30H24O/c1-19(20-10-12-28-24(15-20)16-21-6-2-4-8-26(21)28)14-30(31)23-11-13-29-25(18-23)17-22-7-3-5-9-27(22)29/h2-13,15,18-19H,14,16-17H2,1H3. The van der Waals surface area contributed by atoms with Crippen LogP contribution in [0, 0.1) is 0 Å². The Morgan fingerprint density at radius 2 is 1.23 bits per heavy atom. The van der Waals surface area contributed by atoms with Crippen LogP contribution in [-0.4, -0.2) is 5.78 Å². The average molecular weight is 401 g/mol. The number of hydrogen-bond donors (Lipinski definition) is 0. The zero-order valence-electron chi connectivity index (χ0n) is 17.7. The molecule has 31 heavy (non-hydrogen) atoms. The van der Waals surface area contributed by atoms with E-state index in [-0.39, 0.29) is 11.7 Å². The smallest absolute Gasteiger partial charge is 0.163 e. The second kappa shape index (κ2) is 7.06. The lowest BCUT2D eigenvalue weighted by Crippen LogP contribution is -2.06. The Morgan fingerprint density at radius 3 is 1.90 bits per heavy atom. The first kappa shape index (κ1) is 18.3.